The summed E-state index contributed by atoms with van der Waals surface area (Å²) >= 11 is 1.42. The van der Waals surface area contributed by atoms with Gasteiger partial charge in [0.15, 0.2) is 5.13 Å². The number of nitrogens with zero attached hydrogens (tertiary/aromatic N) is 2. The molecule has 27 heavy (non-hydrogen) atoms. The average Bonchev–Trinajstić information content (AvgIpc) is 3.11. The Hall–Kier alpha value is -2.73. The predicted octanol–water partition coefficient (Wildman–Crippen LogP) is 4.77. The fraction of sp³-hybridized carbons (Fsp3) is 0.238. The number of hydrogen-bond donors (Lipinski definition) is 1. The Bertz CT molecular complexity index is 985. The zero-order valence-corrected chi connectivity index (χ0v) is 15.9. The van der Waals surface area contributed by atoms with Crippen LogP contribution in [0.2, 0.25) is 0 Å². The van der Waals surface area contributed by atoms with E-state index in [0.29, 0.717) is 30.2 Å². The van der Waals surface area contributed by atoms with Crippen molar-refractivity contribution < 1.29 is 9.18 Å². The molecular formula is C21H20FN3OS. The number of nitrogens with one attached hydrogen (secondary N) is 1. The molecule has 1 N–H and O–H groups in total. The Morgan fingerprint density at radius 3 is 2.89 bits per heavy atom. The number of anilines is 1. The van der Waals surface area contributed by atoms with Crippen LogP contribution in [0.3, 0.4) is 0 Å². The molecule has 0 unspecified atom stereocenters. The van der Waals surface area contributed by atoms with E-state index in [1.54, 1.807) is 30.2 Å². The number of thiazole rings is 1. The van der Waals surface area contributed by atoms with Crippen LogP contribution >= 0.6 is 11.3 Å². The molecule has 0 saturated heterocycles. The van der Waals surface area contributed by atoms with Crippen molar-refractivity contribution in [2.24, 2.45) is 0 Å². The van der Waals surface area contributed by atoms with Crippen molar-refractivity contribution in [3.63, 3.8) is 0 Å². The van der Waals surface area contributed by atoms with Crippen molar-refractivity contribution in [1.82, 2.24) is 9.88 Å². The van der Waals surface area contributed by atoms with Gasteiger partial charge in [0.25, 0.3) is 0 Å². The molecule has 3 aromatic rings. The van der Waals surface area contributed by atoms with Gasteiger partial charge in [0.05, 0.1) is 0 Å². The molecule has 0 bridgehead atoms. The Balaban J connectivity index is 1.39. The van der Waals surface area contributed by atoms with Crippen LogP contribution in [-0.4, -0.2) is 22.5 Å². The summed E-state index contributed by atoms with van der Waals surface area (Å²) in [5.41, 5.74) is 4.04. The van der Waals surface area contributed by atoms with Gasteiger partial charge in [0.1, 0.15) is 5.82 Å². The highest BCUT2D eigenvalue weighted by molar-refractivity contribution is 7.15. The van der Waals surface area contributed by atoms with Crippen LogP contribution in [0, 0.1) is 12.7 Å². The van der Waals surface area contributed by atoms with E-state index in [1.165, 1.54) is 22.5 Å². The Morgan fingerprint density at radius 2 is 2.07 bits per heavy atom. The number of halogens is 1. The van der Waals surface area contributed by atoms with E-state index in [0.717, 1.165) is 16.9 Å². The number of amides is 2. The van der Waals surface area contributed by atoms with E-state index in [4.69, 9.17) is 0 Å². The maximum Gasteiger partial charge on any atom is 0.323 e. The van der Waals surface area contributed by atoms with Crippen molar-refractivity contribution in [3.05, 3.63) is 81.6 Å². The number of benzene rings is 2. The number of urea groups is 1. The maximum atomic E-state index is 13.7. The molecule has 0 saturated carbocycles. The lowest BCUT2D eigenvalue weighted by atomic mass is 10.0. The number of carbonyl (C=O) groups excluding carboxylic acids is 1. The Kier molecular flexibility index (Phi) is 4.90. The summed E-state index contributed by atoms with van der Waals surface area (Å²) in [6.45, 7) is 3.06. The molecule has 138 valence electrons. The Labute approximate surface area is 161 Å². The third kappa shape index (κ3) is 4.01. The summed E-state index contributed by atoms with van der Waals surface area (Å²) in [4.78, 5) is 19.6. The standard InChI is InChI=1S/C21H20FN3OS/c1-14-6-7-15(11-19(14)22)10-18-12-23-20(27-18)24-21(26)25-9-8-16-4-2-3-5-17(16)13-25/h2-7,11-12H,8-10,13H2,1H3,(H,23,24,26). The monoisotopic (exact) mass is 381 g/mol. The fourth-order valence-electron chi connectivity index (χ4n) is 3.23. The number of aryl methyl sites for hydroxylation is 1. The number of hydrogen-bond acceptors (Lipinski definition) is 3. The van der Waals surface area contributed by atoms with Crippen molar-refractivity contribution >= 4 is 22.5 Å². The predicted molar refractivity (Wildman–Crippen MR) is 106 cm³/mol. The number of aromatic nitrogens is 1. The minimum absolute atomic E-state index is 0.133. The van der Waals surface area contributed by atoms with Crippen LogP contribution in [0.25, 0.3) is 0 Å². The lowest BCUT2D eigenvalue weighted by Crippen LogP contribution is -2.38. The van der Waals surface area contributed by atoms with E-state index in [-0.39, 0.29) is 11.8 Å². The molecule has 1 aliphatic heterocycles. The van der Waals surface area contributed by atoms with Gasteiger partial charge in [-0.25, -0.2) is 14.2 Å². The first-order valence-corrected chi connectivity index (χ1v) is 9.72. The second kappa shape index (κ2) is 7.48. The smallest absolute Gasteiger partial charge is 0.320 e. The van der Waals surface area contributed by atoms with Gasteiger partial charge in [0.2, 0.25) is 0 Å². The van der Waals surface area contributed by atoms with Gasteiger partial charge < -0.3 is 4.90 Å². The summed E-state index contributed by atoms with van der Waals surface area (Å²) in [6.07, 6.45) is 3.21. The van der Waals surface area contributed by atoms with E-state index in [2.05, 4.69) is 22.4 Å². The van der Waals surface area contributed by atoms with E-state index < -0.39 is 0 Å². The first-order chi connectivity index (χ1) is 13.1. The van der Waals surface area contributed by atoms with Crippen LogP contribution in [0.15, 0.2) is 48.7 Å². The number of fused-ring (bicyclic) bond motifs is 1. The van der Waals surface area contributed by atoms with Crippen LogP contribution in [0.4, 0.5) is 14.3 Å². The van der Waals surface area contributed by atoms with E-state index in [1.807, 2.05) is 18.2 Å². The molecule has 4 rings (SSSR count). The van der Waals surface area contributed by atoms with Crippen LogP contribution in [0.1, 0.15) is 27.1 Å². The van der Waals surface area contributed by atoms with Crippen LogP contribution in [-0.2, 0) is 19.4 Å². The first kappa shape index (κ1) is 17.7. The molecule has 4 nitrogen and oxygen atoms in total. The lowest BCUT2D eigenvalue weighted by Gasteiger charge is -2.28. The second-order valence-corrected chi connectivity index (χ2v) is 7.88. The SMILES string of the molecule is Cc1ccc(Cc2cnc(NC(=O)N3CCc4ccccc4C3)s2)cc1F. The van der Waals surface area contributed by atoms with Crippen molar-refractivity contribution in [3.8, 4) is 0 Å². The summed E-state index contributed by atoms with van der Waals surface area (Å²) in [7, 11) is 0. The first-order valence-electron chi connectivity index (χ1n) is 8.91. The highest BCUT2D eigenvalue weighted by Gasteiger charge is 2.21. The van der Waals surface area contributed by atoms with Crippen molar-refractivity contribution in [2.45, 2.75) is 26.3 Å². The van der Waals surface area contributed by atoms with Gasteiger partial charge in [-0.1, -0.05) is 36.4 Å². The third-order valence-electron chi connectivity index (χ3n) is 4.80. The second-order valence-electron chi connectivity index (χ2n) is 6.76. The maximum absolute atomic E-state index is 13.7. The van der Waals surface area contributed by atoms with Gasteiger partial charge in [-0.15, -0.1) is 11.3 Å². The summed E-state index contributed by atoms with van der Waals surface area (Å²) in [5.74, 6) is -0.198. The minimum Gasteiger partial charge on any atom is -0.320 e. The molecule has 0 atom stereocenters. The highest BCUT2D eigenvalue weighted by Crippen LogP contribution is 2.24. The fourth-order valence-corrected chi connectivity index (χ4v) is 4.07. The molecular weight excluding hydrogens is 361 g/mol. The molecule has 0 aliphatic carbocycles. The average molecular weight is 381 g/mol. The quantitative estimate of drug-likeness (QED) is 0.710. The number of carbonyl (C=O) groups is 1. The molecule has 1 aliphatic rings. The zero-order valence-electron chi connectivity index (χ0n) is 15.0. The van der Waals surface area contributed by atoms with Crippen molar-refractivity contribution in [2.75, 3.05) is 11.9 Å². The summed E-state index contributed by atoms with van der Waals surface area (Å²) in [6, 6.07) is 13.3. The van der Waals surface area contributed by atoms with Gasteiger partial charge in [-0.2, -0.15) is 0 Å². The normalized spacial score (nSPS) is 13.3. The highest BCUT2D eigenvalue weighted by atomic mass is 32.1. The zero-order chi connectivity index (χ0) is 18.8. The molecule has 0 radical (unpaired) electrons. The molecule has 2 amide bonds. The molecule has 2 heterocycles. The molecule has 0 spiro atoms. The topological polar surface area (TPSA) is 45.2 Å². The molecule has 2 aromatic carbocycles. The van der Waals surface area contributed by atoms with Crippen LogP contribution < -0.4 is 5.32 Å². The van der Waals surface area contributed by atoms with Gasteiger partial charge >= 0.3 is 6.03 Å². The van der Waals surface area contributed by atoms with Gasteiger partial charge in [0, 0.05) is 30.6 Å². The van der Waals surface area contributed by atoms with E-state index in [9.17, 15) is 9.18 Å². The van der Waals surface area contributed by atoms with Gasteiger partial charge in [-0.05, 0) is 41.7 Å². The molecule has 0 fully saturated rings. The summed E-state index contributed by atoms with van der Waals surface area (Å²) < 4.78 is 13.7. The summed E-state index contributed by atoms with van der Waals surface area (Å²) in [5, 5.41) is 3.46. The lowest BCUT2D eigenvalue weighted by molar-refractivity contribution is 0.206. The molecule has 1 aromatic heterocycles. The Morgan fingerprint density at radius 1 is 1.26 bits per heavy atom. The van der Waals surface area contributed by atoms with E-state index >= 15 is 0 Å². The largest absolute Gasteiger partial charge is 0.323 e. The minimum atomic E-state index is -0.198. The number of rotatable bonds is 3. The third-order valence-corrected chi connectivity index (χ3v) is 5.71. The van der Waals surface area contributed by atoms with Crippen molar-refractivity contribution in [1.29, 1.82) is 0 Å². The molecule has 6 heteroatoms. The van der Waals surface area contributed by atoms with Gasteiger partial charge in [-0.3, -0.25) is 5.32 Å². The van der Waals surface area contributed by atoms with Crippen LogP contribution in [0.5, 0.6) is 0 Å².